The van der Waals surface area contributed by atoms with Crippen LogP contribution in [0.15, 0.2) is 53.3 Å². The molecule has 0 aliphatic rings. The molecule has 8 heteroatoms. The number of H-pyrrole nitrogens is 1. The summed E-state index contributed by atoms with van der Waals surface area (Å²) in [7, 11) is 1.49. The molecule has 138 valence electrons. The summed E-state index contributed by atoms with van der Waals surface area (Å²) in [5, 5.41) is 9.87. The van der Waals surface area contributed by atoms with Crippen LogP contribution in [0.2, 0.25) is 0 Å². The predicted octanol–water partition coefficient (Wildman–Crippen LogP) is 1.66. The largest absolute Gasteiger partial charge is 0.495 e. The molecular formula is C19H17N3O5. The predicted molar refractivity (Wildman–Crippen MR) is 98.7 cm³/mol. The lowest BCUT2D eigenvalue weighted by Crippen LogP contribution is -2.22. The molecule has 0 unspecified atom stereocenters. The van der Waals surface area contributed by atoms with Gasteiger partial charge in [-0.05, 0) is 18.2 Å². The monoisotopic (exact) mass is 367 g/mol. The zero-order chi connectivity index (χ0) is 19.2. The highest BCUT2D eigenvalue weighted by Crippen LogP contribution is 2.22. The lowest BCUT2D eigenvalue weighted by molar-refractivity contribution is -0.146. The Morgan fingerprint density at radius 1 is 1.07 bits per heavy atom. The number of aromatic nitrogens is 2. The number of ether oxygens (including phenoxy) is 2. The molecule has 1 aromatic heterocycles. The van der Waals surface area contributed by atoms with Crippen LogP contribution < -0.4 is 15.6 Å². The minimum absolute atomic E-state index is 0.167. The molecule has 2 N–H and O–H groups in total. The summed E-state index contributed by atoms with van der Waals surface area (Å²) in [4.78, 5) is 35.8. The Morgan fingerprint density at radius 3 is 2.56 bits per heavy atom. The fourth-order valence-electron chi connectivity index (χ4n) is 2.57. The van der Waals surface area contributed by atoms with Gasteiger partial charge in [-0.15, -0.1) is 0 Å². The van der Waals surface area contributed by atoms with E-state index in [1.807, 2.05) is 0 Å². The number of nitrogens with zero attached hydrogens (tertiary/aromatic N) is 1. The summed E-state index contributed by atoms with van der Waals surface area (Å²) in [5.74, 6) is -0.622. The maximum atomic E-state index is 12.1. The first-order valence-electron chi connectivity index (χ1n) is 8.13. The quantitative estimate of drug-likeness (QED) is 0.641. The molecule has 0 radical (unpaired) electrons. The minimum atomic E-state index is -0.630. The van der Waals surface area contributed by atoms with Gasteiger partial charge in [0.1, 0.15) is 5.75 Å². The molecule has 1 amide bonds. The number of hydrogen-bond acceptors (Lipinski definition) is 6. The standard InChI is InChI=1S/C19H17N3O5/c1-26-16-9-5-4-8-14(16)20-17(23)11-27-18(24)10-15-12-6-2-3-7-13(12)19(25)22-21-15/h2-9H,10-11H2,1H3,(H,20,23)(H,22,25). The van der Waals surface area contributed by atoms with Crippen LogP contribution in [0.1, 0.15) is 5.69 Å². The van der Waals surface area contributed by atoms with Crippen LogP contribution in [0.25, 0.3) is 10.8 Å². The number of benzene rings is 2. The van der Waals surface area contributed by atoms with Crippen LogP contribution in [0, 0.1) is 0 Å². The van der Waals surface area contributed by atoms with Gasteiger partial charge in [0.25, 0.3) is 11.5 Å². The maximum absolute atomic E-state index is 12.1. The van der Waals surface area contributed by atoms with Gasteiger partial charge in [0.2, 0.25) is 0 Å². The molecule has 0 bridgehead atoms. The first kappa shape index (κ1) is 18.1. The lowest BCUT2D eigenvalue weighted by atomic mass is 10.1. The second-order valence-corrected chi connectivity index (χ2v) is 5.63. The molecule has 3 rings (SSSR count). The molecule has 0 aliphatic heterocycles. The first-order chi connectivity index (χ1) is 13.1. The van der Waals surface area contributed by atoms with Gasteiger partial charge in [0.05, 0.1) is 30.3 Å². The number of anilines is 1. The fourth-order valence-corrected chi connectivity index (χ4v) is 2.57. The maximum Gasteiger partial charge on any atom is 0.312 e. The van der Waals surface area contributed by atoms with Crippen LogP contribution in [-0.2, 0) is 20.7 Å². The Hall–Kier alpha value is -3.68. The van der Waals surface area contributed by atoms with Crippen molar-refractivity contribution in [2.24, 2.45) is 0 Å². The number of para-hydroxylation sites is 2. The molecule has 27 heavy (non-hydrogen) atoms. The fraction of sp³-hybridized carbons (Fsp3) is 0.158. The summed E-state index contributed by atoms with van der Waals surface area (Å²) in [6, 6.07) is 13.7. The van der Waals surface area contributed by atoms with Crippen LogP contribution in [0.5, 0.6) is 5.75 Å². The third-order valence-corrected chi connectivity index (χ3v) is 3.83. The number of nitrogens with one attached hydrogen (secondary N) is 2. The Bertz CT molecular complexity index is 1040. The first-order valence-corrected chi connectivity index (χ1v) is 8.13. The normalized spacial score (nSPS) is 10.4. The van der Waals surface area contributed by atoms with E-state index in [9.17, 15) is 14.4 Å². The molecule has 8 nitrogen and oxygen atoms in total. The number of methoxy groups -OCH3 is 1. The summed E-state index contributed by atoms with van der Waals surface area (Å²) in [5.41, 5.74) is 0.522. The molecule has 0 fully saturated rings. The van der Waals surface area contributed by atoms with Crippen molar-refractivity contribution < 1.29 is 19.1 Å². The molecule has 2 aromatic carbocycles. The van der Waals surface area contributed by atoms with E-state index in [-0.39, 0.29) is 12.0 Å². The smallest absolute Gasteiger partial charge is 0.312 e. The average Bonchev–Trinajstić information content (AvgIpc) is 2.69. The lowest BCUT2D eigenvalue weighted by Gasteiger charge is -2.10. The number of aromatic amines is 1. The second kappa shape index (κ2) is 8.13. The molecule has 1 heterocycles. The summed E-state index contributed by atoms with van der Waals surface area (Å²) < 4.78 is 10.2. The summed E-state index contributed by atoms with van der Waals surface area (Å²) in [6.45, 7) is -0.446. The molecule has 0 saturated heterocycles. The van der Waals surface area contributed by atoms with E-state index < -0.39 is 18.5 Å². The van der Waals surface area contributed by atoms with Gasteiger partial charge in [-0.1, -0.05) is 30.3 Å². The number of amides is 1. The van der Waals surface area contributed by atoms with Gasteiger partial charge >= 0.3 is 5.97 Å². The van der Waals surface area contributed by atoms with E-state index in [4.69, 9.17) is 9.47 Å². The zero-order valence-electron chi connectivity index (χ0n) is 14.5. The van der Waals surface area contributed by atoms with Gasteiger partial charge in [0.15, 0.2) is 6.61 Å². The Morgan fingerprint density at radius 2 is 1.78 bits per heavy atom. The average molecular weight is 367 g/mol. The highest BCUT2D eigenvalue weighted by atomic mass is 16.5. The van der Waals surface area contributed by atoms with E-state index in [1.165, 1.54) is 7.11 Å². The number of carbonyl (C=O) groups is 2. The minimum Gasteiger partial charge on any atom is -0.495 e. The van der Waals surface area contributed by atoms with E-state index in [0.717, 1.165) is 0 Å². The van der Waals surface area contributed by atoms with E-state index in [2.05, 4.69) is 15.5 Å². The van der Waals surface area contributed by atoms with Crippen molar-refractivity contribution >= 4 is 28.3 Å². The number of carbonyl (C=O) groups excluding carboxylic acids is 2. The third-order valence-electron chi connectivity index (χ3n) is 3.83. The number of rotatable bonds is 6. The van der Waals surface area contributed by atoms with Gasteiger partial charge in [0, 0.05) is 5.39 Å². The molecule has 3 aromatic rings. The Balaban J connectivity index is 1.61. The molecular weight excluding hydrogens is 350 g/mol. The van der Waals surface area contributed by atoms with Crippen molar-refractivity contribution in [1.29, 1.82) is 0 Å². The van der Waals surface area contributed by atoms with Gasteiger partial charge in [-0.3, -0.25) is 14.4 Å². The van der Waals surface area contributed by atoms with Crippen molar-refractivity contribution in [3.63, 3.8) is 0 Å². The van der Waals surface area contributed by atoms with Crippen LogP contribution in [-0.4, -0.2) is 35.8 Å². The number of hydrogen-bond donors (Lipinski definition) is 2. The van der Waals surface area contributed by atoms with E-state index >= 15 is 0 Å². The summed E-state index contributed by atoms with van der Waals surface area (Å²) >= 11 is 0. The number of fused-ring (bicyclic) bond motifs is 1. The van der Waals surface area contributed by atoms with Gasteiger partial charge in [-0.2, -0.15) is 5.10 Å². The van der Waals surface area contributed by atoms with Gasteiger partial charge < -0.3 is 14.8 Å². The van der Waals surface area contributed by atoms with Gasteiger partial charge in [-0.25, -0.2) is 5.10 Å². The highest BCUT2D eigenvalue weighted by molar-refractivity contribution is 5.94. The molecule has 0 aliphatic carbocycles. The number of esters is 1. The van der Waals surface area contributed by atoms with Crippen molar-refractivity contribution in [3.05, 3.63) is 64.6 Å². The van der Waals surface area contributed by atoms with Crippen molar-refractivity contribution in [2.75, 3.05) is 19.0 Å². The van der Waals surface area contributed by atoms with Crippen molar-refractivity contribution in [3.8, 4) is 5.75 Å². The SMILES string of the molecule is COc1ccccc1NC(=O)COC(=O)Cc1n[nH]c(=O)c2ccccc12. The molecule has 0 spiro atoms. The van der Waals surface area contributed by atoms with E-state index in [0.29, 0.717) is 27.9 Å². The topological polar surface area (TPSA) is 110 Å². The van der Waals surface area contributed by atoms with Crippen LogP contribution in [0.4, 0.5) is 5.69 Å². The van der Waals surface area contributed by atoms with Crippen LogP contribution >= 0.6 is 0 Å². The highest BCUT2D eigenvalue weighted by Gasteiger charge is 2.14. The third kappa shape index (κ3) is 4.30. The van der Waals surface area contributed by atoms with Crippen LogP contribution in [0.3, 0.4) is 0 Å². The Kier molecular flexibility index (Phi) is 5.46. The molecule has 0 atom stereocenters. The van der Waals surface area contributed by atoms with E-state index in [1.54, 1.807) is 48.5 Å². The summed E-state index contributed by atoms with van der Waals surface area (Å²) in [6.07, 6.45) is -0.167. The second-order valence-electron chi connectivity index (χ2n) is 5.63. The molecule has 0 saturated carbocycles. The van der Waals surface area contributed by atoms with Crippen molar-refractivity contribution in [1.82, 2.24) is 10.2 Å². The van der Waals surface area contributed by atoms with Crippen molar-refractivity contribution in [2.45, 2.75) is 6.42 Å². The Labute approximate surface area is 154 Å². The zero-order valence-corrected chi connectivity index (χ0v) is 14.5.